The first-order valence-electron chi connectivity index (χ1n) is 7.81. The van der Waals surface area contributed by atoms with Crippen LogP contribution in [0.4, 0.5) is 4.39 Å². The molecule has 0 saturated heterocycles. The Morgan fingerprint density at radius 3 is 2.39 bits per heavy atom. The van der Waals surface area contributed by atoms with E-state index in [1.165, 1.54) is 12.1 Å². The zero-order valence-corrected chi connectivity index (χ0v) is 14.3. The lowest BCUT2D eigenvalue weighted by molar-refractivity contribution is -0.121. The predicted molar refractivity (Wildman–Crippen MR) is 91.7 cm³/mol. The highest BCUT2D eigenvalue weighted by Crippen LogP contribution is 2.11. The van der Waals surface area contributed by atoms with Crippen LogP contribution in [-0.2, 0) is 11.2 Å². The quantitative estimate of drug-likeness (QED) is 0.552. The molecule has 6 heteroatoms. The van der Waals surface area contributed by atoms with Gasteiger partial charge in [0.05, 0.1) is 12.5 Å². The average molecular weight is 322 g/mol. The number of nitrogens with one attached hydrogen (secondary N) is 2. The maximum absolute atomic E-state index is 12.9. The summed E-state index contributed by atoms with van der Waals surface area (Å²) in [6.07, 6.45) is 0.439. The Hall–Kier alpha value is -2.11. The molecule has 1 aromatic rings. The summed E-state index contributed by atoms with van der Waals surface area (Å²) in [6.45, 7) is 9.07. The van der Waals surface area contributed by atoms with E-state index in [1.807, 2.05) is 27.7 Å². The molecule has 1 unspecified atom stereocenters. The maximum Gasteiger partial charge on any atom is 0.222 e. The number of rotatable bonds is 6. The van der Waals surface area contributed by atoms with Crippen molar-refractivity contribution in [2.24, 2.45) is 16.6 Å². The lowest BCUT2D eigenvalue weighted by Crippen LogP contribution is -2.48. The van der Waals surface area contributed by atoms with Gasteiger partial charge in [-0.1, -0.05) is 12.1 Å². The number of nitrogens with two attached hydrogens (primary N) is 1. The summed E-state index contributed by atoms with van der Waals surface area (Å²) in [7, 11) is 0. The first-order chi connectivity index (χ1) is 10.7. The van der Waals surface area contributed by atoms with Gasteiger partial charge in [0.25, 0.3) is 0 Å². The van der Waals surface area contributed by atoms with Crippen LogP contribution in [0, 0.1) is 11.7 Å². The van der Waals surface area contributed by atoms with Gasteiger partial charge in [-0.3, -0.25) is 9.79 Å². The Balaban J connectivity index is 2.78. The summed E-state index contributed by atoms with van der Waals surface area (Å²) in [5, 5.41) is 6.40. The number of benzene rings is 1. The number of halogens is 1. The van der Waals surface area contributed by atoms with E-state index in [0.717, 1.165) is 12.1 Å². The van der Waals surface area contributed by atoms with Crippen molar-refractivity contribution in [3.05, 3.63) is 35.6 Å². The van der Waals surface area contributed by atoms with Crippen LogP contribution in [0.15, 0.2) is 29.3 Å². The highest BCUT2D eigenvalue weighted by molar-refractivity contribution is 5.81. The summed E-state index contributed by atoms with van der Waals surface area (Å²) < 4.78 is 12.9. The van der Waals surface area contributed by atoms with Crippen molar-refractivity contribution in [2.45, 2.75) is 39.7 Å². The van der Waals surface area contributed by atoms with Gasteiger partial charge < -0.3 is 16.4 Å². The van der Waals surface area contributed by atoms with Crippen molar-refractivity contribution in [3.8, 4) is 0 Å². The lowest BCUT2D eigenvalue weighted by atomic mass is 9.99. The number of amides is 1. The summed E-state index contributed by atoms with van der Waals surface area (Å²) in [4.78, 5) is 16.1. The van der Waals surface area contributed by atoms with E-state index in [4.69, 9.17) is 5.73 Å². The molecule has 0 fully saturated rings. The molecule has 1 amide bonds. The third-order valence-corrected chi connectivity index (χ3v) is 3.11. The maximum atomic E-state index is 12.9. The van der Waals surface area contributed by atoms with Crippen molar-refractivity contribution >= 4 is 11.9 Å². The Labute approximate surface area is 137 Å². The Bertz CT molecular complexity index is 535. The van der Waals surface area contributed by atoms with Crippen LogP contribution in [0.25, 0.3) is 0 Å². The number of nitrogens with zero attached hydrogens (tertiary/aromatic N) is 1. The molecule has 0 aliphatic carbocycles. The standard InChI is InChI=1S/C17H27FN4O/c1-5-20-16(22-17(2,3)4)21-11-13(15(19)23)10-12-6-8-14(18)9-7-12/h6-9,13H,5,10-11H2,1-4H3,(H2,19,23)(H2,20,21,22). The fourth-order valence-corrected chi connectivity index (χ4v) is 2.02. The fraction of sp³-hybridized carbons (Fsp3) is 0.529. The molecule has 4 N–H and O–H groups in total. The van der Waals surface area contributed by atoms with Crippen LogP contribution in [0.5, 0.6) is 0 Å². The fourth-order valence-electron chi connectivity index (χ4n) is 2.02. The summed E-state index contributed by atoms with van der Waals surface area (Å²) in [5.74, 6) is -0.503. The normalized spacial score (nSPS) is 13.5. The van der Waals surface area contributed by atoms with E-state index in [1.54, 1.807) is 12.1 Å². The van der Waals surface area contributed by atoms with E-state index in [9.17, 15) is 9.18 Å². The lowest BCUT2D eigenvalue weighted by Gasteiger charge is -2.24. The second-order valence-corrected chi connectivity index (χ2v) is 6.52. The van der Waals surface area contributed by atoms with E-state index in [-0.39, 0.29) is 17.9 Å². The minimum absolute atomic E-state index is 0.139. The van der Waals surface area contributed by atoms with Gasteiger partial charge in [0, 0.05) is 12.1 Å². The number of aliphatic imine (C=N–C) groups is 1. The number of hydrogen-bond acceptors (Lipinski definition) is 2. The second kappa shape index (κ2) is 8.50. The molecule has 0 spiro atoms. The number of carbonyl (C=O) groups excluding carboxylic acids is 1. The van der Waals surface area contributed by atoms with E-state index >= 15 is 0 Å². The molecule has 0 aliphatic rings. The monoisotopic (exact) mass is 322 g/mol. The van der Waals surface area contributed by atoms with Gasteiger partial charge in [-0.25, -0.2) is 4.39 Å². The number of guanidine groups is 1. The van der Waals surface area contributed by atoms with Gasteiger partial charge in [0.1, 0.15) is 5.82 Å². The highest BCUT2D eigenvalue weighted by atomic mass is 19.1. The molecule has 0 saturated carbocycles. The van der Waals surface area contributed by atoms with Crippen LogP contribution >= 0.6 is 0 Å². The third kappa shape index (κ3) is 7.63. The molecule has 0 heterocycles. The van der Waals surface area contributed by atoms with E-state index < -0.39 is 11.8 Å². The minimum atomic E-state index is -0.434. The largest absolute Gasteiger partial charge is 0.369 e. The number of primary amides is 1. The molecule has 5 nitrogen and oxygen atoms in total. The first-order valence-corrected chi connectivity index (χ1v) is 7.81. The summed E-state index contributed by atoms with van der Waals surface area (Å²) >= 11 is 0. The van der Waals surface area contributed by atoms with Crippen molar-refractivity contribution in [1.82, 2.24) is 10.6 Å². The zero-order valence-electron chi connectivity index (χ0n) is 14.3. The molecule has 1 atom stereocenters. The summed E-state index contributed by atoms with van der Waals surface area (Å²) in [6, 6.07) is 6.07. The van der Waals surface area contributed by atoms with Crippen LogP contribution in [0.1, 0.15) is 33.3 Å². The van der Waals surface area contributed by atoms with Crippen molar-refractivity contribution in [3.63, 3.8) is 0 Å². The minimum Gasteiger partial charge on any atom is -0.369 e. The summed E-state index contributed by atoms with van der Waals surface area (Å²) in [5.41, 5.74) is 6.20. The second-order valence-electron chi connectivity index (χ2n) is 6.52. The Morgan fingerprint density at radius 1 is 1.30 bits per heavy atom. The molecule has 0 aromatic heterocycles. The molecule has 128 valence electrons. The first kappa shape index (κ1) is 18.9. The molecule has 0 aliphatic heterocycles. The molecule has 1 rings (SSSR count). The van der Waals surface area contributed by atoms with Gasteiger partial charge in [-0.15, -0.1) is 0 Å². The van der Waals surface area contributed by atoms with Crippen molar-refractivity contribution in [1.29, 1.82) is 0 Å². The highest BCUT2D eigenvalue weighted by Gasteiger charge is 2.17. The Kier molecular flexibility index (Phi) is 7.00. The van der Waals surface area contributed by atoms with Crippen molar-refractivity contribution < 1.29 is 9.18 Å². The van der Waals surface area contributed by atoms with Crippen LogP contribution < -0.4 is 16.4 Å². The molecule has 0 radical (unpaired) electrons. The topological polar surface area (TPSA) is 79.5 Å². The molecule has 23 heavy (non-hydrogen) atoms. The van der Waals surface area contributed by atoms with Crippen LogP contribution in [0.2, 0.25) is 0 Å². The SMILES string of the molecule is CCNC(=NCC(Cc1ccc(F)cc1)C(N)=O)NC(C)(C)C. The molecular formula is C17H27FN4O. The van der Waals surface area contributed by atoms with Gasteiger partial charge in [-0.2, -0.15) is 0 Å². The van der Waals surface area contributed by atoms with E-state index in [0.29, 0.717) is 12.4 Å². The Morgan fingerprint density at radius 2 is 1.91 bits per heavy atom. The molecule has 1 aromatic carbocycles. The molecule has 0 bridgehead atoms. The van der Waals surface area contributed by atoms with Gasteiger partial charge >= 0.3 is 0 Å². The van der Waals surface area contributed by atoms with Gasteiger partial charge in [0.2, 0.25) is 5.91 Å². The van der Waals surface area contributed by atoms with Gasteiger partial charge in [0.15, 0.2) is 5.96 Å². The van der Waals surface area contributed by atoms with Crippen LogP contribution in [0.3, 0.4) is 0 Å². The zero-order chi connectivity index (χ0) is 17.5. The van der Waals surface area contributed by atoms with Gasteiger partial charge in [-0.05, 0) is 51.8 Å². The van der Waals surface area contributed by atoms with Crippen molar-refractivity contribution in [2.75, 3.05) is 13.1 Å². The number of carbonyl (C=O) groups is 1. The van der Waals surface area contributed by atoms with Crippen LogP contribution in [-0.4, -0.2) is 30.5 Å². The predicted octanol–water partition coefficient (Wildman–Crippen LogP) is 1.82. The van der Waals surface area contributed by atoms with E-state index in [2.05, 4.69) is 15.6 Å². The third-order valence-electron chi connectivity index (χ3n) is 3.11. The smallest absolute Gasteiger partial charge is 0.222 e. The number of hydrogen-bond donors (Lipinski definition) is 3. The molecular weight excluding hydrogens is 295 g/mol. The average Bonchev–Trinajstić information content (AvgIpc) is 2.43.